The number of alkyl halides is 6. The van der Waals surface area contributed by atoms with Crippen molar-refractivity contribution in [2.24, 2.45) is 16.0 Å². The molecule has 1 aliphatic rings. The van der Waals surface area contributed by atoms with Gasteiger partial charge in [-0.3, -0.25) is 4.79 Å². The van der Waals surface area contributed by atoms with Crippen LogP contribution in [0.5, 0.6) is 5.75 Å². The molecule has 2 atom stereocenters. The number of carboxylic acid groups (broad SMARTS) is 1. The first-order chi connectivity index (χ1) is 17.1. The third kappa shape index (κ3) is 8.17. The molecule has 0 aromatic heterocycles. The van der Waals surface area contributed by atoms with Crippen LogP contribution >= 0.6 is 0 Å². The van der Waals surface area contributed by atoms with E-state index in [2.05, 4.69) is 15.5 Å². The van der Waals surface area contributed by atoms with Crippen molar-refractivity contribution in [2.75, 3.05) is 6.61 Å². The summed E-state index contributed by atoms with van der Waals surface area (Å²) < 4.78 is 76.6. The molecule has 0 saturated heterocycles. The normalized spacial score (nSPS) is 15.6. The predicted molar refractivity (Wildman–Crippen MR) is 119 cm³/mol. The average molecular weight is 534 g/mol. The highest BCUT2D eigenvalue weighted by Gasteiger charge is 2.65. The molecular formula is C23H24F6N4O4. The van der Waals surface area contributed by atoms with Crippen molar-refractivity contribution in [3.05, 3.63) is 65.2 Å². The molecule has 0 aliphatic carbocycles. The number of para-hydroxylation sites is 1. The number of rotatable bonds is 8. The number of nitrogens with one attached hydrogen (secondary N) is 1. The Morgan fingerprint density at radius 3 is 2.05 bits per heavy atom. The van der Waals surface area contributed by atoms with Gasteiger partial charge in [0.2, 0.25) is 5.91 Å². The van der Waals surface area contributed by atoms with Crippen LogP contribution in [0, 0.1) is 6.92 Å². The Balaban J connectivity index is 0.000000604. The molecule has 1 aliphatic heterocycles. The smallest absolute Gasteiger partial charge is 0.490 e. The minimum absolute atomic E-state index is 0.0567. The van der Waals surface area contributed by atoms with Crippen molar-refractivity contribution in [1.29, 1.82) is 0 Å². The van der Waals surface area contributed by atoms with Crippen LogP contribution in [0.4, 0.5) is 26.3 Å². The Kier molecular flexibility index (Phi) is 9.25. The summed E-state index contributed by atoms with van der Waals surface area (Å²) in [5.74, 6) is -2.37. The molecule has 0 radical (unpaired) electrons. The number of aliphatic carboxylic acids is 1. The molecule has 1 heterocycles. The number of carboxylic acids is 1. The SMILES string of the molecule is Cc1ccccc1OCC(C)NC(=O)C(N)Cc1ccc(C2(C(F)(F)F)N=N2)cc1.O=C(O)C(F)(F)F. The van der Waals surface area contributed by atoms with E-state index in [9.17, 15) is 31.1 Å². The number of ether oxygens (including phenoxy) is 1. The summed E-state index contributed by atoms with van der Waals surface area (Å²) in [6.07, 6.45) is -9.47. The number of hydrogen-bond donors (Lipinski definition) is 3. The van der Waals surface area contributed by atoms with Gasteiger partial charge in [-0.15, -0.1) is 10.2 Å². The fourth-order valence-corrected chi connectivity index (χ4v) is 2.99. The standard InChI is InChI=1S/C21H23F3N4O2.C2HF3O2/c1-13-5-3-4-6-18(13)30-12-14(2)26-19(29)17(25)11-15-7-9-16(10-8-15)20(27-28-20)21(22,23)24;3-2(4,5)1(6)7/h3-10,14,17H,11-12,25H2,1-2H3,(H,26,29);(H,6,7). The average Bonchev–Trinajstić information content (AvgIpc) is 3.61. The van der Waals surface area contributed by atoms with Gasteiger partial charge in [0.15, 0.2) is 0 Å². The first kappa shape index (κ1) is 29.5. The molecule has 37 heavy (non-hydrogen) atoms. The van der Waals surface area contributed by atoms with E-state index < -0.39 is 30.0 Å². The summed E-state index contributed by atoms with van der Waals surface area (Å²) in [5, 5.41) is 16.3. The number of halogens is 6. The van der Waals surface area contributed by atoms with Crippen LogP contribution in [-0.4, -0.2) is 48.0 Å². The Hall–Kier alpha value is -3.68. The largest absolute Gasteiger partial charge is 0.491 e. The molecule has 2 unspecified atom stereocenters. The van der Waals surface area contributed by atoms with Crippen molar-refractivity contribution >= 4 is 11.9 Å². The van der Waals surface area contributed by atoms with E-state index in [4.69, 9.17) is 20.4 Å². The molecule has 2 aromatic rings. The molecule has 4 N–H and O–H groups in total. The van der Waals surface area contributed by atoms with Gasteiger partial charge in [0, 0.05) is 5.56 Å². The van der Waals surface area contributed by atoms with E-state index >= 15 is 0 Å². The molecule has 202 valence electrons. The van der Waals surface area contributed by atoms with Crippen molar-refractivity contribution in [1.82, 2.24) is 5.32 Å². The van der Waals surface area contributed by atoms with Crippen LogP contribution in [0.3, 0.4) is 0 Å². The maximum atomic E-state index is 13.0. The summed E-state index contributed by atoms with van der Waals surface area (Å²) in [4.78, 5) is 21.2. The van der Waals surface area contributed by atoms with Gasteiger partial charge in [-0.25, -0.2) is 4.79 Å². The van der Waals surface area contributed by atoms with E-state index in [1.165, 1.54) is 24.3 Å². The van der Waals surface area contributed by atoms with Gasteiger partial charge in [-0.2, -0.15) is 26.3 Å². The second-order valence-corrected chi connectivity index (χ2v) is 8.17. The third-order valence-electron chi connectivity index (χ3n) is 5.06. The molecule has 0 spiro atoms. The Bertz CT molecular complexity index is 1110. The summed E-state index contributed by atoms with van der Waals surface area (Å²) >= 11 is 0. The van der Waals surface area contributed by atoms with Gasteiger partial charge in [-0.05, 0) is 37.5 Å². The lowest BCUT2D eigenvalue weighted by Gasteiger charge is -2.19. The summed E-state index contributed by atoms with van der Waals surface area (Å²) in [7, 11) is 0. The second-order valence-electron chi connectivity index (χ2n) is 8.17. The highest BCUT2D eigenvalue weighted by atomic mass is 19.4. The zero-order valence-corrected chi connectivity index (χ0v) is 19.6. The van der Waals surface area contributed by atoms with Gasteiger partial charge in [-0.1, -0.05) is 42.5 Å². The van der Waals surface area contributed by atoms with Crippen molar-refractivity contribution in [3.63, 3.8) is 0 Å². The van der Waals surface area contributed by atoms with Crippen molar-refractivity contribution < 1.29 is 45.8 Å². The lowest BCUT2D eigenvalue weighted by atomic mass is 9.98. The molecular weight excluding hydrogens is 510 g/mol. The topological polar surface area (TPSA) is 126 Å². The molecule has 14 heteroatoms. The first-order valence-corrected chi connectivity index (χ1v) is 10.7. The van der Waals surface area contributed by atoms with E-state index in [0.29, 0.717) is 5.56 Å². The fraction of sp³-hybridized carbons (Fsp3) is 0.391. The van der Waals surface area contributed by atoms with Crippen LogP contribution < -0.4 is 15.8 Å². The van der Waals surface area contributed by atoms with Crippen LogP contribution in [0.2, 0.25) is 0 Å². The summed E-state index contributed by atoms with van der Waals surface area (Å²) in [6.45, 7) is 4.02. The number of carbonyl (C=O) groups excluding carboxylic acids is 1. The number of benzene rings is 2. The Morgan fingerprint density at radius 1 is 1.05 bits per heavy atom. The van der Waals surface area contributed by atoms with Crippen LogP contribution in [0.15, 0.2) is 58.8 Å². The first-order valence-electron chi connectivity index (χ1n) is 10.7. The van der Waals surface area contributed by atoms with Gasteiger partial charge >= 0.3 is 24.0 Å². The maximum absolute atomic E-state index is 13.0. The number of nitrogens with zero attached hydrogens (tertiary/aromatic N) is 2. The molecule has 0 saturated carbocycles. The Morgan fingerprint density at radius 2 is 1.59 bits per heavy atom. The Labute approximate surface area is 207 Å². The van der Waals surface area contributed by atoms with Gasteiger partial charge < -0.3 is 20.9 Å². The van der Waals surface area contributed by atoms with Crippen LogP contribution in [0.1, 0.15) is 23.6 Å². The lowest BCUT2D eigenvalue weighted by molar-refractivity contribution is -0.192. The molecule has 8 nitrogen and oxygen atoms in total. The lowest BCUT2D eigenvalue weighted by Crippen LogP contribution is -2.47. The zero-order chi connectivity index (χ0) is 28.0. The highest BCUT2D eigenvalue weighted by molar-refractivity contribution is 5.82. The summed E-state index contributed by atoms with van der Waals surface area (Å²) in [6, 6.07) is 12.1. The molecule has 3 rings (SSSR count). The number of nitrogens with two attached hydrogens (primary N) is 1. The number of carbonyl (C=O) groups is 2. The number of hydrogen-bond acceptors (Lipinski definition) is 6. The van der Waals surface area contributed by atoms with Crippen molar-refractivity contribution in [3.8, 4) is 5.75 Å². The van der Waals surface area contributed by atoms with Gasteiger partial charge in [0.1, 0.15) is 12.4 Å². The van der Waals surface area contributed by atoms with Gasteiger partial charge in [0.25, 0.3) is 0 Å². The van der Waals surface area contributed by atoms with Crippen LogP contribution in [-0.2, 0) is 21.7 Å². The van der Waals surface area contributed by atoms with Crippen molar-refractivity contribution in [2.45, 2.75) is 50.4 Å². The second kappa shape index (κ2) is 11.6. The minimum Gasteiger partial charge on any atom is -0.491 e. The third-order valence-corrected chi connectivity index (χ3v) is 5.06. The molecule has 1 amide bonds. The van der Waals surface area contributed by atoms with Crippen LogP contribution in [0.25, 0.3) is 0 Å². The number of amides is 1. The fourth-order valence-electron chi connectivity index (χ4n) is 2.99. The quantitative estimate of drug-likeness (QED) is 0.437. The molecule has 0 bridgehead atoms. The van der Waals surface area contributed by atoms with E-state index in [0.717, 1.165) is 11.3 Å². The minimum atomic E-state index is -5.08. The summed E-state index contributed by atoms with van der Waals surface area (Å²) in [5.41, 5.74) is 5.10. The van der Waals surface area contributed by atoms with E-state index in [1.54, 1.807) is 6.92 Å². The molecule has 0 fully saturated rings. The monoisotopic (exact) mass is 534 g/mol. The maximum Gasteiger partial charge on any atom is 0.490 e. The number of aryl methyl sites for hydroxylation is 1. The predicted octanol–water partition coefficient (Wildman–Crippen LogP) is 4.26. The zero-order valence-electron chi connectivity index (χ0n) is 19.6. The van der Waals surface area contributed by atoms with E-state index in [1.807, 2.05) is 31.2 Å². The highest BCUT2D eigenvalue weighted by Crippen LogP contribution is 2.52. The molecule has 2 aromatic carbocycles. The van der Waals surface area contributed by atoms with Gasteiger partial charge in [0.05, 0.1) is 12.1 Å². The van der Waals surface area contributed by atoms with E-state index in [-0.39, 0.29) is 30.5 Å².